The predicted octanol–water partition coefficient (Wildman–Crippen LogP) is 5.41. The molecule has 3 heterocycles. The summed E-state index contributed by atoms with van der Waals surface area (Å²) in [7, 11) is 0. The van der Waals surface area contributed by atoms with Gasteiger partial charge in [0.1, 0.15) is 10.8 Å². The van der Waals surface area contributed by atoms with Crippen LogP contribution < -0.4 is 5.32 Å². The van der Waals surface area contributed by atoms with Crippen LogP contribution in [0.4, 0.5) is 5.82 Å². The highest BCUT2D eigenvalue weighted by atomic mass is 32.1. The fraction of sp³-hybridized carbons (Fsp3) is 0.0870. The number of aromatic nitrogens is 3. The second kappa shape index (κ2) is 7.48. The number of nitrogens with one attached hydrogen (secondary N) is 2. The Bertz CT molecular complexity index is 1270. The highest BCUT2D eigenvalue weighted by Gasteiger charge is 2.09. The van der Waals surface area contributed by atoms with Gasteiger partial charge in [-0.15, -0.1) is 11.3 Å². The van der Waals surface area contributed by atoms with Gasteiger partial charge >= 0.3 is 0 Å². The van der Waals surface area contributed by atoms with Crippen LogP contribution in [0.1, 0.15) is 12.0 Å². The van der Waals surface area contributed by atoms with E-state index < -0.39 is 0 Å². The van der Waals surface area contributed by atoms with Crippen LogP contribution >= 0.6 is 11.3 Å². The zero-order valence-corrected chi connectivity index (χ0v) is 16.4. The fourth-order valence-electron chi connectivity index (χ4n) is 3.38. The summed E-state index contributed by atoms with van der Waals surface area (Å²) >= 11 is 1.64. The highest BCUT2D eigenvalue weighted by molar-refractivity contribution is 7.21. The molecule has 0 aliphatic heterocycles. The van der Waals surface area contributed by atoms with Gasteiger partial charge in [-0.1, -0.05) is 30.3 Å². The van der Waals surface area contributed by atoms with Crippen LogP contribution in [0, 0.1) is 0 Å². The molecule has 29 heavy (non-hydrogen) atoms. The summed E-state index contributed by atoms with van der Waals surface area (Å²) in [6.45, 7) is 0. The van der Waals surface area contributed by atoms with Crippen LogP contribution in [0.5, 0.6) is 0 Å². The summed E-state index contributed by atoms with van der Waals surface area (Å²) in [6.07, 6.45) is 4.82. The number of rotatable bonds is 5. The van der Waals surface area contributed by atoms with Gasteiger partial charge in [0.2, 0.25) is 5.91 Å². The van der Waals surface area contributed by atoms with Crippen molar-refractivity contribution < 1.29 is 4.79 Å². The van der Waals surface area contributed by atoms with Crippen molar-refractivity contribution in [3.63, 3.8) is 0 Å². The molecule has 0 unspecified atom stereocenters. The van der Waals surface area contributed by atoms with Gasteiger partial charge in [0.25, 0.3) is 0 Å². The zero-order valence-electron chi connectivity index (χ0n) is 15.6. The van der Waals surface area contributed by atoms with E-state index in [9.17, 15) is 4.79 Å². The van der Waals surface area contributed by atoms with Crippen molar-refractivity contribution in [2.45, 2.75) is 12.8 Å². The number of hydrogen-bond donors (Lipinski definition) is 2. The second-order valence-electron chi connectivity index (χ2n) is 6.83. The Morgan fingerprint density at radius 3 is 2.76 bits per heavy atom. The number of carbonyl (C=O) groups excluding carboxylic acids is 1. The number of aromatic amines is 1. The van der Waals surface area contributed by atoms with Crippen LogP contribution in [0.25, 0.3) is 31.7 Å². The standard InChI is InChI=1S/C23H18N4OS/c28-22(12-10-15-13-24-18-6-2-1-5-17(15)18)27-21-11-9-16(14-25-21)23-26-19-7-3-4-8-20(19)29-23/h1-9,11,13-14,24H,10,12H2,(H,25,27,28). The molecule has 0 atom stereocenters. The van der Waals surface area contributed by atoms with Gasteiger partial charge in [-0.2, -0.15) is 0 Å². The van der Waals surface area contributed by atoms with E-state index >= 15 is 0 Å². The van der Waals surface area contributed by atoms with E-state index in [0.29, 0.717) is 18.7 Å². The fourth-order valence-corrected chi connectivity index (χ4v) is 4.34. The number of nitrogens with zero attached hydrogens (tertiary/aromatic N) is 2. The van der Waals surface area contributed by atoms with E-state index in [4.69, 9.17) is 0 Å². The first kappa shape index (κ1) is 17.6. The molecule has 3 aromatic heterocycles. The Morgan fingerprint density at radius 1 is 1.03 bits per heavy atom. The van der Waals surface area contributed by atoms with Gasteiger partial charge < -0.3 is 10.3 Å². The molecule has 0 bridgehead atoms. The predicted molar refractivity (Wildman–Crippen MR) is 118 cm³/mol. The van der Waals surface area contributed by atoms with Crippen molar-refractivity contribution in [1.29, 1.82) is 0 Å². The minimum atomic E-state index is -0.0458. The molecule has 0 aliphatic rings. The van der Waals surface area contributed by atoms with E-state index in [-0.39, 0.29) is 5.91 Å². The molecular weight excluding hydrogens is 380 g/mol. The molecule has 2 aromatic carbocycles. The Hall–Kier alpha value is -3.51. The molecule has 0 aliphatic carbocycles. The van der Waals surface area contributed by atoms with Crippen molar-refractivity contribution in [2.75, 3.05) is 5.32 Å². The minimum absolute atomic E-state index is 0.0458. The summed E-state index contributed by atoms with van der Waals surface area (Å²) < 4.78 is 1.15. The SMILES string of the molecule is O=C(CCc1c[nH]c2ccccc12)Nc1ccc(-c2nc3ccccc3s2)cn1. The third kappa shape index (κ3) is 3.62. The van der Waals surface area contributed by atoms with Gasteiger partial charge in [0, 0.05) is 35.3 Å². The molecule has 0 radical (unpaired) electrons. The summed E-state index contributed by atoms with van der Waals surface area (Å²) in [4.78, 5) is 24.6. The lowest BCUT2D eigenvalue weighted by Crippen LogP contribution is -2.13. The number of fused-ring (bicyclic) bond motifs is 2. The molecule has 142 valence electrons. The number of aryl methyl sites for hydroxylation is 1. The lowest BCUT2D eigenvalue weighted by atomic mass is 10.1. The maximum Gasteiger partial charge on any atom is 0.225 e. The van der Waals surface area contributed by atoms with E-state index in [1.807, 2.05) is 54.7 Å². The van der Waals surface area contributed by atoms with Crippen molar-refractivity contribution in [1.82, 2.24) is 15.0 Å². The third-order valence-electron chi connectivity index (χ3n) is 4.87. The monoisotopic (exact) mass is 398 g/mol. The molecular formula is C23H18N4OS. The number of amides is 1. The van der Waals surface area contributed by atoms with E-state index in [2.05, 4.69) is 32.4 Å². The number of benzene rings is 2. The first-order chi connectivity index (χ1) is 14.3. The summed E-state index contributed by atoms with van der Waals surface area (Å²) in [5.41, 5.74) is 4.18. The molecule has 0 fully saturated rings. The largest absolute Gasteiger partial charge is 0.361 e. The van der Waals surface area contributed by atoms with Crippen molar-refractivity contribution in [3.8, 4) is 10.6 Å². The van der Waals surface area contributed by atoms with E-state index in [0.717, 1.165) is 31.9 Å². The summed E-state index contributed by atoms with van der Waals surface area (Å²) in [6, 6.07) is 19.9. The summed E-state index contributed by atoms with van der Waals surface area (Å²) in [5.74, 6) is 0.509. The number of anilines is 1. The molecule has 0 saturated heterocycles. The lowest BCUT2D eigenvalue weighted by Gasteiger charge is -2.05. The first-order valence-corrected chi connectivity index (χ1v) is 10.2. The average Bonchev–Trinajstić information content (AvgIpc) is 3.37. The normalized spacial score (nSPS) is 11.2. The Morgan fingerprint density at radius 2 is 1.90 bits per heavy atom. The van der Waals surface area contributed by atoms with Crippen LogP contribution in [0.2, 0.25) is 0 Å². The van der Waals surface area contributed by atoms with Crippen LogP contribution in [0.3, 0.4) is 0 Å². The van der Waals surface area contributed by atoms with Crippen molar-refractivity contribution in [3.05, 3.63) is 78.6 Å². The zero-order chi connectivity index (χ0) is 19.6. The van der Waals surface area contributed by atoms with Gasteiger partial charge in [0.05, 0.1) is 10.2 Å². The molecule has 0 saturated carbocycles. The molecule has 5 rings (SSSR count). The number of thiazole rings is 1. The number of carbonyl (C=O) groups is 1. The van der Waals surface area contributed by atoms with E-state index in [1.165, 1.54) is 5.39 Å². The third-order valence-corrected chi connectivity index (χ3v) is 5.95. The molecule has 5 nitrogen and oxygen atoms in total. The molecule has 5 aromatic rings. The van der Waals surface area contributed by atoms with Crippen LogP contribution in [0.15, 0.2) is 73.1 Å². The number of para-hydroxylation sites is 2. The topological polar surface area (TPSA) is 70.7 Å². The van der Waals surface area contributed by atoms with Gasteiger partial charge in [-0.3, -0.25) is 4.79 Å². The van der Waals surface area contributed by atoms with Gasteiger partial charge in [-0.25, -0.2) is 9.97 Å². The smallest absolute Gasteiger partial charge is 0.225 e. The van der Waals surface area contributed by atoms with Crippen LogP contribution in [-0.2, 0) is 11.2 Å². The molecule has 1 amide bonds. The average molecular weight is 398 g/mol. The quantitative estimate of drug-likeness (QED) is 0.416. The Labute approximate surface area is 171 Å². The molecule has 2 N–H and O–H groups in total. The number of H-pyrrole nitrogens is 1. The Balaban J connectivity index is 1.24. The maximum absolute atomic E-state index is 12.3. The maximum atomic E-state index is 12.3. The van der Waals surface area contributed by atoms with Gasteiger partial charge in [0.15, 0.2) is 0 Å². The minimum Gasteiger partial charge on any atom is -0.361 e. The number of pyridine rings is 1. The first-order valence-electron chi connectivity index (χ1n) is 9.43. The highest BCUT2D eigenvalue weighted by Crippen LogP contribution is 2.29. The van der Waals surface area contributed by atoms with Crippen molar-refractivity contribution >= 4 is 44.2 Å². The Kier molecular flexibility index (Phi) is 4.54. The second-order valence-corrected chi connectivity index (χ2v) is 7.86. The van der Waals surface area contributed by atoms with Crippen molar-refractivity contribution in [2.24, 2.45) is 0 Å². The van der Waals surface area contributed by atoms with Gasteiger partial charge in [-0.05, 0) is 42.3 Å². The molecule has 0 spiro atoms. The number of hydrogen-bond acceptors (Lipinski definition) is 4. The lowest BCUT2D eigenvalue weighted by molar-refractivity contribution is -0.116. The van der Waals surface area contributed by atoms with E-state index in [1.54, 1.807) is 17.5 Å². The van der Waals surface area contributed by atoms with Crippen LogP contribution in [-0.4, -0.2) is 20.9 Å². The summed E-state index contributed by atoms with van der Waals surface area (Å²) in [5, 5.41) is 4.97. The molecule has 6 heteroatoms.